The second-order valence-corrected chi connectivity index (χ2v) is 13.4. The number of ether oxygens (including phenoxy) is 1. The van der Waals surface area contributed by atoms with E-state index >= 15 is 0 Å². The van der Waals surface area contributed by atoms with Gasteiger partial charge in [-0.1, -0.05) is 48.5 Å². The summed E-state index contributed by atoms with van der Waals surface area (Å²) in [5.41, 5.74) is 6.23. The van der Waals surface area contributed by atoms with Gasteiger partial charge >= 0.3 is 0 Å². The normalized spacial score (nSPS) is 14.1. The zero-order chi connectivity index (χ0) is 34.1. The van der Waals surface area contributed by atoms with Gasteiger partial charge in [-0.05, 0) is 67.3 Å². The highest BCUT2D eigenvalue weighted by Crippen LogP contribution is 2.42. The Hall–Kier alpha value is -5.19. The van der Waals surface area contributed by atoms with Gasteiger partial charge in [-0.3, -0.25) is 14.4 Å². The second-order valence-electron chi connectivity index (χ2n) is 12.3. The van der Waals surface area contributed by atoms with E-state index in [2.05, 4.69) is 15.2 Å². The Kier molecular flexibility index (Phi) is 9.07. The summed E-state index contributed by atoms with van der Waals surface area (Å²) in [6.45, 7) is 6.83. The number of amides is 2. The van der Waals surface area contributed by atoms with Crippen molar-refractivity contribution in [1.82, 2.24) is 4.98 Å². The van der Waals surface area contributed by atoms with Crippen molar-refractivity contribution in [2.24, 2.45) is 0 Å². The van der Waals surface area contributed by atoms with E-state index in [1.54, 1.807) is 48.2 Å². The third-order valence-corrected chi connectivity index (χ3v) is 10.2. The van der Waals surface area contributed by atoms with Crippen LogP contribution < -0.4 is 15.1 Å². The van der Waals surface area contributed by atoms with Crippen LogP contribution in [0.25, 0.3) is 10.4 Å². The lowest BCUT2D eigenvalue weighted by Gasteiger charge is -2.29. The Morgan fingerprint density at radius 2 is 1.67 bits per heavy atom. The number of nitrogens with one attached hydrogen (secondary N) is 1. The maximum absolute atomic E-state index is 14.4. The molecule has 0 radical (unpaired) electrons. The van der Waals surface area contributed by atoms with E-state index in [-0.39, 0.29) is 29.7 Å². The fourth-order valence-corrected chi connectivity index (χ4v) is 7.57. The van der Waals surface area contributed by atoms with E-state index < -0.39 is 5.82 Å². The molecule has 1 saturated heterocycles. The van der Waals surface area contributed by atoms with Gasteiger partial charge in [0.1, 0.15) is 11.6 Å². The first-order valence-electron chi connectivity index (χ1n) is 16.3. The van der Waals surface area contributed by atoms with E-state index in [0.29, 0.717) is 47.7 Å². The average Bonchev–Trinajstić information content (AvgIpc) is 3.48. The first-order chi connectivity index (χ1) is 23.8. The van der Waals surface area contributed by atoms with Gasteiger partial charge in [-0.2, -0.15) is 0 Å². The summed E-state index contributed by atoms with van der Waals surface area (Å²) in [5, 5.41) is 2.74. The molecule has 0 spiro atoms. The van der Waals surface area contributed by atoms with Crippen molar-refractivity contribution in [1.29, 1.82) is 0 Å². The molecule has 2 aliphatic rings. The largest absolute Gasteiger partial charge is 0.378 e. The molecule has 1 N–H and O–H groups in total. The van der Waals surface area contributed by atoms with Crippen molar-refractivity contribution < 1.29 is 23.5 Å². The van der Waals surface area contributed by atoms with Crippen molar-refractivity contribution >= 4 is 46.1 Å². The molecule has 10 heteroatoms. The SMILES string of the molecule is Cc1cnc(N2CCOCC2)c(CC(=O)c2ccc(C(=O)N3CCc4cc(C(=O)Nc5c(C)cccc5F)sc4-c4ccccc43)cc2)c1. The van der Waals surface area contributed by atoms with E-state index in [0.717, 1.165) is 51.7 Å². The molecule has 7 rings (SSSR count). The summed E-state index contributed by atoms with van der Waals surface area (Å²) in [5.74, 6) is -0.259. The number of Topliss-reactive ketones (excluding diaryl/α,β-unsaturated/α-hetero) is 1. The predicted molar refractivity (Wildman–Crippen MR) is 191 cm³/mol. The molecule has 2 aliphatic heterocycles. The number of rotatable bonds is 7. The number of pyridine rings is 1. The number of carbonyl (C=O) groups excluding carboxylic acids is 3. The number of anilines is 3. The maximum Gasteiger partial charge on any atom is 0.265 e. The lowest BCUT2D eigenvalue weighted by Crippen LogP contribution is -2.37. The molecule has 1 fully saturated rings. The smallest absolute Gasteiger partial charge is 0.265 e. The van der Waals surface area contributed by atoms with Gasteiger partial charge in [0, 0.05) is 59.4 Å². The van der Waals surface area contributed by atoms with E-state index in [4.69, 9.17) is 4.74 Å². The number of thiophene rings is 1. The van der Waals surface area contributed by atoms with Gasteiger partial charge in [0.25, 0.3) is 11.8 Å². The number of para-hydroxylation sites is 2. The van der Waals surface area contributed by atoms with Gasteiger partial charge < -0.3 is 19.9 Å². The van der Waals surface area contributed by atoms with Crippen LogP contribution in [0.5, 0.6) is 0 Å². The fourth-order valence-electron chi connectivity index (χ4n) is 6.43. The highest BCUT2D eigenvalue weighted by atomic mass is 32.1. The molecule has 0 bridgehead atoms. The molecular formula is C39H35FN4O4S. The first kappa shape index (κ1) is 32.4. The first-order valence-corrected chi connectivity index (χ1v) is 17.1. The standard InChI is InChI=1S/C39H35FN4O4S/c1-24-20-29(37(41-23-24)43-16-18-48-19-17-43)21-33(45)26-10-12-27(13-11-26)39(47)44-15-14-28-22-34(49-36(28)30-7-3-4-9-32(30)44)38(46)42-35-25(2)6-5-8-31(35)40/h3-13,20,22-23H,14-19,21H2,1-2H3,(H,42,46). The molecule has 0 atom stereocenters. The van der Waals surface area contributed by atoms with Crippen molar-refractivity contribution in [2.75, 3.05) is 48.0 Å². The van der Waals surface area contributed by atoms with Gasteiger partial charge in [-0.25, -0.2) is 9.37 Å². The van der Waals surface area contributed by atoms with Gasteiger partial charge in [0.15, 0.2) is 5.78 Å². The summed E-state index contributed by atoms with van der Waals surface area (Å²) in [4.78, 5) is 50.6. The average molecular weight is 675 g/mol. The van der Waals surface area contributed by atoms with Crippen molar-refractivity contribution in [3.63, 3.8) is 0 Å². The predicted octanol–water partition coefficient (Wildman–Crippen LogP) is 7.28. The van der Waals surface area contributed by atoms with Crippen LogP contribution in [0.3, 0.4) is 0 Å². The van der Waals surface area contributed by atoms with Crippen LogP contribution in [-0.4, -0.2) is 55.4 Å². The van der Waals surface area contributed by atoms with E-state index in [1.165, 1.54) is 17.4 Å². The second kappa shape index (κ2) is 13.7. The van der Waals surface area contributed by atoms with E-state index in [1.807, 2.05) is 49.5 Å². The minimum atomic E-state index is -0.482. The Bertz CT molecular complexity index is 2050. The molecule has 4 heterocycles. The number of aromatic nitrogens is 1. The van der Waals surface area contributed by atoms with Crippen LogP contribution >= 0.6 is 11.3 Å². The molecule has 8 nitrogen and oxygen atoms in total. The molecule has 0 aliphatic carbocycles. The van der Waals surface area contributed by atoms with Crippen LogP contribution in [0.1, 0.15) is 52.6 Å². The van der Waals surface area contributed by atoms with Crippen LogP contribution in [0, 0.1) is 19.7 Å². The summed E-state index contributed by atoms with van der Waals surface area (Å²) >= 11 is 1.33. The molecule has 5 aromatic rings. The number of nitrogens with zero attached hydrogens (tertiary/aromatic N) is 3. The number of halogens is 1. The Labute approximate surface area is 288 Å². The molecule has 0 saturated carbocycles. The summed E-state index contributed by atoms with van der Waals surface area (Å²) < 4.78 is 19.9. The summed E-state index contributed by atoms with van der Waals surface area (Å²) in [7, 11) is 0. The highest BCUT2D eigenvalue weighted by Gasteiger charge is 2.28. The number of hydrogen-bond acceptors (Lipinski definition) is 7. The quantitative estimate of drug-likeness (QED) is 0.183. The van der Waals surface area contributed by atoms with Gasteiger partial charge in [0.05, 0.1) is 29.5 Å². The minimum absolute atomic E-state index is 0.0459. The molecular weight excluding hydrogens is 640 g/mol. The summed E-state index contributed by atoms with van der Waals surface area (Å²) in [6.07, 6.45) is 2.56. The monoisotopic (exact) mass is 674 g/mol. The number of hydrogen-bond donors (Lipinski definition) is 1. The topological polar surface area (TPSA) is 91.8 Å². The molecule has 3 aromatic carbocycles. The lowest BCUT2D eigenvalue weighted by molar-refractivity contribution is 0.0978. The molecule has 49 heavy (non-hydrogen) atoms. The molecule has 248 valence electrons. The highest BCUT2D eigenvalue weighted by molar-refractivity contribution is 7.17. The third-order valence-electron chi connectivity index (χ3n) is 8.98. The van der Waals surface area contributed by atoms with Crippen molar-refractivity contribution in [2.45, 2.75) is 26.7 Å². The Morgan fingerprint density at radius 3 is 2.45 bits per heavy atom. The number of morpholine rings is 1. The third kappa shape index (κ3) is 6.62. The number of ketones is 1. The molecule has 2 amide bonds. The summed E-state index contributed by atoms with van der Waals surface area (Å²) in [6, 6.07) is 23.1. The van der Waals surface area contributed by atoms with Gasteiger partial charge in [-0.15, -0.1) is 11.3 Å². The minimum Gasteiger partial charge on any atom is -0.378 e. The number of fused-ring (bicyclic) bond motifs is 3. The van der Waals surface area contributed by atoms with Crippen LogP contribution in [-0.2, 0) is 17.6 Å². The zero-order valence-corrected chi connectivity index (χ0v) is 28.1. The van der Waals surface area contributed by atoms with Crippen LogP contribution in [0.2, 0.25) is 0 Å². The van der Waals surface area contributed by atoms with Crippen LogP contribution in [0.15, 0.2) is 85.1 Å². The maximum atomic E-state index is 14.4. The Morgan fingerprint density at radius 1 is 0.918 bits per heavy atom. The van der Waals surface area contributed by atoms with Crippen LogP contribution in [0.4, 0.5) is 21.6 Å². The fraction of sp³-hybridized carbons (Fsp3) is 0.231. The lowest BCUT2D eigenvalue weighted by atomic mass is 10.0. The Balaban J connectivity index is 1.09. The molecule has 2 aromatic heterocycles. The van der Waals surface area contributed by atoms with Gasteiger partial charge in [0.2, 0.25) is 0 Å². The van der Waals surface area contributed by atoms with Crippen molar-refractivity contribution in [3.8, 4) is 10.4 Å². The number of benzene rings is 3. The zero-order valence-electron chi connectivity index (χ0n) is 27.3. The van der Waals surface area contributed by atoms with Crippen molar-refractivity contribution in [3.05, 3.63) is 129 Å². The number of aryl methyl sites for hydroxylation is 2. The van der Waals surface area contributed by atoms with E-state index in [9.17, 15) is 18.8 Å². The number of carbonyl (C=O) groups is 3. The molecule has 0 unspecified atom stereocenters.